The number of carbonyl (C=O) groups excluding carboxylic acids is 1. The van der Waals surface area contributed by atoms with Gasteiger partial charge in [-0.2, -0.15) is 13.2 Å². The standard InChI is InChI=1S/C21H13F4N3OS/c22-14-6-8-15(9-7-14)26-20-27-19(29)18(30-20)12-17-5-2-10-28(17)16-4-1-3-13(11-16)21(23,24)25/h1-12H,(H,26,27,29)/b18-12+. The highest BCUT2D eigenvalue weighted by Gasteiger charge is 2.30. The first kappa shape index (κ1) is 20.0. The number of hydrogen-bond donors (Lipinski definition) is 1. The summed E-state index contributed by atoms with van der Waals surface area (Å²) in [4.78, 5) is 16.9. The molecule has 0 unspecified atom stereocenters. The van der Waals surface area contributed by atoms with Crippen LogP contribution in [-0.2, 0) is 11.0 Å². The van der Waals surface area contributed by atoms with E-state index in [2.05, 4.69) is 10.3 Å². The number of alkyl halides is 3. The van der Waals surface area contributed by atoms with E-state index in [-0.39, 0.29) is 5.91 Å². The number of rotatable bonds is 3. The Hall–Kier alpha value is -3.33. The van der Waals surface area contributed by atoms with Crippen molar-refractivity contribution >= 4 is 34.6 Å². The molecular weight excluding hydrogens is 418 g/mol. The van der Waals surface area contributed by atoms with Gasteiger partial charge in [0, 0.05) is 17.6 Å². The van der Waals surface area contributed by atoms with Gasteiger partial charge in [-0.3, -0.25) is 4.79 Å². The number of amides is 1. The first-order chi connectivity index (χ1) is 14.3. The van der Waals surface area contributed by atoms with Crippen molar-refractivity contribution in [3.05, 3.63) is 88.8 Å². The lowest BCUT2D eigenvalue weighted by molar-refractivity contribution is -0.137. The van der Waals surface area contributed by atoms with Crippen LogP contribution in [0.2, 0.25) is 0 Å². The monoisotopic (exact) mass is 431 g/mol. The molecule has 4 nitrogen and oxygen atoms in total. The van der Waals surface area contributed by atoms with Gasteiger partial charge >= 0.3 is 6.18 Å². The Labute approximate surface area is 172 Å². The molecule has 152 valence electrons. The fourth-order valence-corrected chi connectivity index (χ4v) is 3.65. The van der Waals surface area contributed by atoms with E-state index in [1.165, 1.54) is 30.3 Å². The number of nitrogens with zero attached hydrogens (tertiary/aromatic N) is 2. The summed E-state index contributed by atoms with van der Waals surface area (Å²) in [7, 11) is 0. The zero-order chi connectivity index (χ0) is 21.3. The third kappa shape index (κ3) is 4.30. The van der Waals surface area contributed by atoms with E-state index in [4.69, 9.17) is 0 Å². The molecule has 0 spiro atoms. The van der Waals surface area contributed by atoms with Crippen LogP contribution in [0, 0.1) is 5.82 Å². The largest absolute Gasteiger partial charge is 0.416 e. The summed E-state index contributed by atoms with van der Waals surface area (Å²) < 4.78 is 53.6. The Morgan fingerprint density at radius 3 is 2.53 bits per heavy atom. The normalized spacial score (nSPS) is 17.0. The Balaban J connectivity index is 1.62. The maximum atomic E-state index is 13.0. The maximum Gasteiger partial charge on any atom is 0.416 e. The first-order valence-electron chi connectivity index (χ1n) is 8.70. The van der Waals surface area contributed by atoms with Gasteiger partial charge in [-0.25, -0.2) is 9.38 Å². The third-order valence-electron chi connectivity index (χ3n) is 4.22. The van der Waals surface area contributed by atoms with Crippen molar-refractivity contribution in [2.75, 3.05) is 0 Å². The summed E-state index contributed by atoms with van der Waals surface area (Å²) in [5, 5.41) is 2.95. The predicted octanol–water partition coefficient (Wildman–Crippen LogP) is 5.53. The second kappa shape index (κ2) is 7.83. The quantitative estimate of drug-likeness (QED) is 0.438. The second-order valence-electron chi connectivity index (χ2n) is 6.31. The van der Waals surface area contributed by atoms with Crippen LogP contribution in [0.5, 0.6) is 0 Å². The van der Waals surface area contributed by atoms with Crippen molar-refractivity contribution in [3.8, 4) is 5.69 Å². The van der Waals surface area contributed by atoms with Crippen LogP contribution >= 0.6 is 11.8 Å². The van der Waals surface area contributed by atoms with E-state index in [0.717, 1.165) is 23.9 Å². The number of nitrogens with one attached hydrogen (secondary N) is 1. The lowest BCUT2D eigenvalue weighted by atomic mass is 10.2. The molecular formula is C21H13F4N3OS. The van der Waals surface area contributed by atoms with E-state index in [1.54, 1.807) is 35.0 Å². The van der Waals surface area contributed by atoms with Crippen LogP contribution in [-0.4, -0.2) is 15.6 Å². The average Bonchev–Trinajstić information content (AvgIpc) is 3.30. The molecule has 0 radical (unpaired) electrons. The zero-order valence-electron chi connectivity index (χ0n) is 15.2. The summed E-state index contributed by atoms with van der Waals surface area (Å²) in [5.74, 6) is -0.768. The van der Waals surface area contributed by atoms with Crippen molar-refractivity contribution in [3.63, 3.8) is 0 Å². The van der Waals surface area contributed by atoms with E-state index in [0.29, 0.717) is 27.1 Å². The summed E-state index contributed by atoms with van der Waals surface area (Å²) in [5.41, 5.74) is 0.585. The topological polar surface area (TPSA) is 46.4 Å². The Kier molecular flexibility index (Phi) is 5.21. The molecule has 4 rings (SSSR count). The van der Waals surface area contributed by atoms with Gasteiger partial charge < -0.3 is 9.88 Å². The van der Waals surface area contributed by atoms with E-state index in [9.17, 15) is 22.4 Å². The minimum Gasteiger partial charge on any atom is -0.317 e. The Bertz CT molecular complexity index is 1160. The Morgan fingerprint density at radius 1 is 1.03 bits per heavy atom. The van der Waals surface area contributed by atoms with Gasteiger partial charge in [0.25, 0.3) is 5.91 Å². The maximum absolute atomic E-state index is 13.0. The molecule has 1 aliphatic heterocycles. The second-order valence-corrected chi connectivity index (χ2v) is 7.34. The van der Waals surface area contributed by atoms with Gasteiger partial charge in [0.1, 0.15) is 5.82 Å². The van der Waals surface area contributed by atoms with E-state index < -0.39 is 17.6 Å². The van der Waals surface area contributed by atoms with Gasteiger partial charge in [0.2, 0.25) is 0 Å². The number of halogens is 4. The number of aromatic nitrogens is 1. The highest BCUT2D eigenvalue weighted by atomic mass is 32.2. The van der Waals surface area contributed by atoms with Gasteiger partial charge in [-0.05, 0) is 72.4 Å². The Morgan fingerprint density at radius 2 is 1.80 bits per heavy atom. The predicted molar refractivity (Wildman–Crippen MR) is 108 cm³/mol. The lowest BCUT2D eigenvalue weighted by Crippen LogP contribution is -2.19. The molecule has 2 heterocycles. The van der Waals surface area contributed by atoms with Gasteiger partial charge in [-0.1, -0.05) is 6.07 Å². The molecule has 0 aliphatic carbocycles. The number of benzene rings is 2. The van der Waals surface area contributed by atoms with Gasteiger partial charge in [0.15, 0.2) is 5.17 Å². The van der Waals surface area contributed by atoms with Crippen molar-refractivity contribution < 1.29 is 22.4 Å². The van der Waals surface area contributed by atoms with Crippen molar-refractivity contribution in [2.45, 2.75) is 6.18 Å². The molecule has 1 saturated heterocycles. The minimum absolute atomic E-state index is 0.324. The molecule has 3 aromatic rings. The molecule has 1 fully saturated rings. The van der Waals surface area contributed by atoms with Crippen LogP contribution in [0.15, 0.2) is 76.8 Å². The molecule has 1 aromatic heterocycles. The number of amidine groups is 1. The average molecular weight is 431 g/mol. The highest BCUT2D eigenvalue weighted by molar-refractivity contribution is 8.18. The van der Waals surface area contributed by atoms with Crippen molar-refractivity contribution in [1.29, 1.82) is 0 Å². The summed E-state index contributed by atoms with van der Waals surface area (Å²) in [6.07, 6.45) is -1.25. The smallest absolute Gasteiger partial charge is 0.317 e. The molecule has 0 bridgehead atoms. The zero-order valence-corrected chi connectivity index (χ0v) is 16.0. The summed E-state index contributed by atoms with van der Waals surface area (Å²) in [6.45, 7) is 0. The summed E-state index contributed by atoms with van der Waals surface area (Å²) >= 11 is 1.09. The van der Waals surface area contributed by atoms with Crippen LogP contribution in [0.25, 0.3) is 11.8 Å². The number of hydrogen-bond acceptors (Lipinski definition) is 3. The van der Waals surface area contributed by atoms with Crippen LogP contribution in [0.4, 0.5) is 23.2 Å². The number of carbonyl (C=O) groups is 1. The van der Waals surface area contributed by atoms with Gasteiger partial charge in [-0.15, -0.1) is 0 Å². The van der Waals surface area contributed by atoms with E-state index in [1.807, 2.05) is 0 Å². The van der Waals surface area contributed by atoms with Gasteiger partial charge in [0.05, 0.1) is 16.2 Å². The first-order valence-corrected chi connectivity index (χ1v) is 9.51. The van der Waals surface area contributed by atoms with Crippen LogP contribution in [0.1, 0.15) is 11.3 Å². The highest BCUT2D eigenvalue weighted by Crippen LogP contribution is 2.32. The fourth-order valence-electron chi connectivity index (χ4n) is 2.83. The molecule has 30 heavy (non-hydrogen) atoms. The molecule has 0 saturated carbocycles. The molecule has 1 amide bonds. The molecule has 1 N–H and O–H groups in total. The summed E-state index contributed by atoms with van der Waals surface area (Å²) in [6, 6.07) is 13.8. The number of aliphatic imine (C=N–C) groups is 1. The molecule has 2 aromatic carbocycles. The number of thioether (sulfide) groups is 1. The van der Waals surface area contributed by atoms with E-state index >= 15 is 0 Å². The lowest BCUT2D eigenvalue weighted by Gasteiger charge is -2.11. The van der Waals surface area contributed by atoms with Crippen molar-refractivity contribution in [2.24, 2.45) is 4.99 Å². The molecule has 1 aliphatic rings. The minimum atomic E-state index is -4.45. The fraction of sp³-hybridized carbons (Fsp3) is 0.0476. The van der Waals surface area contributed by atoms with Crippen LogP contribution < -0.4 is 5.32 Å². The SMILES string of the molecule is O=C1NC(=Nc2ccc(F)cc2)S/C1=C/c1cccn1-c1cccc(C(F)(F)F)c1. The third-order valence-corrected chi connectivity index (χ3v) is 5.13. The van der Waals surface area contributed by atoms with Crippen LogP contribution in [0.3, 0.4) is 0 Å². The molecule has 0 atom stereocenters. The van der Waals surface area contributed by atoms with Crippen molar-refractivity contribution in [1.82, 2.24) is 9.88 Å². The molecule has 9 heteroatoms.